The molecule has 2 nitrogen and oxygen atoms in total. The number of hydrogen-bond donors (Lipinski definition) is 1. The van der Waals surface area contributed by atoms with Gasteiger partial charge in [-0.1, -0.05) is 18.9 Å². The number of benzene rings is 2. The Bertz CT molecular complexity index is 672. The molecular weight excluding hydrogens is 210 g/mol. The number of nitriles is 1. The minimum Gasteiger partial charge on any atom is -0.508 e. The van der Waals surface area contributed by atoms with Crippen molar-refractivity contribution in [3.63, 3.8) is 0 Å². The molecule has 17 heavy (non-hydrogen) atoms. The monoisotopic (exact) mass is 221 g/mol. The van der Waals surface area contributed by atoms with Crippen molar-refractivity contribution in [3.8, 4) is 24.2 Å². The van der Waals surface area contributed by atoms with E-state index in [0.29, 0.717) is 11.1 Å². The number of rotatable bonds is 1. The normalized spacial score (nSPS) is 9.82. The van der Waals surface area contributed by atoms with Gasteiger partial charge in [-0.25, -0.2) is 0 Å². The van der Waals surface area contributed by atoms with Crippen LogP contribution >= 0.6 is 0 Å². The molecule has 2 rings (SSSR count). The Morgan fingerprint density at radius 1 is 1.35 bits per heavy atom. The Morgan fingerprint density at radius 2 is 2.12 bits per heavy atom. The Balaban J connectivity index is 2.99. The van der Waals surface area contributed by atoms with Gasteiger partial charge in [-0.05, 0) is 35.6 Å². The number of phenols is 1. The fraction of sp³-hybridized carbons (Fsp3) is 0.133. The number of terminal acetylenes is 1. The predicted octanol–water partition coefficient (Wildman–Crippen LogP) is 2.96. The lowest BCUT2D eigenvalue weighted by Gasteiger charge is -2.09. The number of phenolic OH excluding ortho intramolecular Hbond substituents is 1. The average molecular weight is 221 g/mol. The number of hydrogen-bond acceptors (Lipinski definition) is 2. The Morgan fingerprint density at radius 3 is 2.71 bits per heavy atom. The number of nitrogens with zero attached hydrogens (tertiary/aromatic N) is 1. The van der Waals surface area contributed by atoms with Crippen LogP contribution in [0.1, 0.15) is 23.6 Å². The van der Waals surface area contributed by atoms with Crippen molar-refractivity contribution in [2.75, 3.05) is 0 Å². The van der Waals surface area contributed by atoms with Crippen molar-refractivity contribution in [1.29, 1.82) is 5.26 Å². The predicted molar refractivity (Wildman–Crippen MR) is 67.6 cm³/mol. The molecule has 0 fully saturated rings. The van der Waals surface area contributed by atoms with E-state index in [-0.39, 0.29) is 5.75 Å². The van der Waals surface area contributed by atoms with Gasteiger partial charge in [0.1, 0.15) is 11.8 Å². The molecule has 0 spiro atoms. The standard InChI is InChI=1S/C15H11NO/c1-3-10-7-13(17)8-11-5-6-12(9-16)14(4-2)15(10)11/h2,5-8,17H,3H2,1H3. The first-order valence-corrected chi connectivity index (χ1v) is 5.36. The molecular formula is C15H11NO. The van der Waals surface area contributed by atoms with E-state index in [2.05, 4.69) is 12.0 Å². The molecule has 0 unspecified atom stereocenters. The van der Waals surface area contributed by atoms with Gasteiger partial charge in [0.15, 0.2) is 0 Å². The molecule has 0 saturated heterocycles. The molecule has 0 aliphatic carbocycles. The Labute approximate surface area is 100 Å². The third kappa shape index (κ3) is 1.71. The lowest BCUT2D eigenvalue weighted by Crippen LogP contribution is -1.91. The summed E-state index contributed by atoms with van der Waals surface area (Å²) in [5.74, 6) is 2.80. The van der Waals surface area contributed by atoms with Crippen LogP contribution in [0.4, 0.5) is 0 Å². The number of aryl methyl sites for hydroxylation is 1. The fourth-order valence-electron chi connectivity index (χ4n) is 2.06. The van der Waals surface area contributed by atoms with E-state index in [1.54, 1.807) is 18.2 Å². The molecule has 0 aliphatic heterocycles. The Kier molecular flexibility index (Phi) is 2.73. The molecule has 0 atom stereocenters. The van der Waals surface area contributed by atoms with Crippen molar-refractivity contribution in [3.05, 3.63) is 41.0 Å². The Hall–Kier alpha value is -2.45. The van der Waals surface area contributed by atoms with E-state index in [1.807, 2.05) is 13.0 Å². The fourth-order valence-corrected chi connectivity index (χ4v) is 2.06. The second-order valence-electron chi connectivity index (χ2n) is 3.80. The van der Waals surface area contributed by atoms with Crippen molar-refractivity contribution in [1.82, 2.24) is 0 Å². The maximum Gasteiger partial charge on any atom is 0.116 e. The summed E-state index contributed by atoms with van der Waals surface area (Å²) in [4.78, 5) is 0. The first-order chi connectivity index (χ1) is 8.21. The summed E-state index contributed by atoms with van der Waals surface area (Å²) in [6.45, 7) is 1.99. The molecule has 0 aliphatic rings. The summed E-state index contributed by atoms with van der Waals surface area (Å²) in [6, 6.07) is 8.97. The highest BCUT2D eigenvalue weighted by Crippen LogP contribution is 2.29. The van der Waals surface area contributed by atoms with Crippen LogP contribution in [0.15, 0.2) is 24.3 Å². The highest BCUT2D eigenvalue weighted by Gasteiger charge is 2.10. The second kappa shape index (κ2) is 4.20. The van der Waals surface area contributed by atoms with Gasteiger partial charge >= 0.3 is 0 Å². The molecule has 0 bridgehead atoms. The summed E-state index contributed by atoms with van der Waals surface area (Å²) in [7, 11) is 0. The third-order valence-electron chi connectivity index (χ3n) is 2.83. The lowest BCUT2D eigenvalue weighted by molar-refractivity contribution is 0.475. The molecule has 0 aromatic heterocycles. The van der Waals surface area contributed by atoms with Crippen LogP contribution < -0.4 is 0 Å². The van der Waals surface area contributed by atoms with Crippen molar-refractivity contribution < 1.29 is 5.11 Å². The molecule has 0 amide bonds. The maximum absolute atomic E-state index is 9.62. The van der Waals surface area contributed by atoms with Crippen LogP contribution in [0.25, 0.3) is 10.8 Å². The van der Waals surface area contributed by atoms with Gasteiger partial charge in [-0.3, -0.25) is 0 Å². The van der Waals surface area contributed by atoms with Crippen LogP contribution in [-0.4, -0.2) is 5.11 Å². The molecule has 0 radical (unpaired) electrons. The van der Waals surface area contributed by atoms with Gasteiger partial charge < -0.3 is 5.11 Å². The number of aromatic hydroxyl groups is 1. The molecule has 2 heteroatoms. The van der Waals surface area contributed by atoms with E-state index < -0.39 is 0 Å². The van der Waals surface area contributed by atoms with E-state index in [1.165, 1.54) is 0 Å². The van der Waals surface area contributed by atoms with Gasteiger partial charge in [0.25, 0.3) is 0 Å². The van der Waals surface area contributed by atoms with Crippen LogP contribution in [-0.2, 0) is 6.42 Å². The van der Waals surface area contributed by atoms with E-state index in [4.69, 9.17) is 11.7 Å². The third-order valence-corrected chi connectivity index (χ3v) is 2.83. The van der Waals surface area contributed by atoms with E-state index in [9.17, 15) is 5.11 Å². The molecule has 0 saturated carbocycles. The van der Waals surface area contributed by atoms with Gasteiger partial charge in [-0.2, -0.15) is 5.26 Å². The zero-order valence-electron chi connectivity index (χ0n) is 9.49. The highest BCUT2D eigenvalue weighted by atomic mass is 16.3. The highest BCUT2D eigenvalue weighted by molar-refractivity contribution is 5.94. The molecule has 2 aromatic carbocycles. The smallest absolute Gasteiger partial charge is 0.116 e. The van der Waals surface area contributed by atoms with Crippen molar-refractivity contribution >= 4 is 10.8 Å². The quantitative estimate of drug-likeness (QED) is 0.752. The van der Waals surface area contributed by atoms with Gasteiger partial charge in [-0.15, -0.1) is 6.42 Å². The molecule has 2 aromatic rings. The van der Waals surface area contributed by atoms with Crippen molar-refractivity contribution in [2.45, 2.75) is 13.3 Å². The first-order valence-electron chi connectivity index (χ1n) is 5.36. The summed E-state index contributed by atoms with van der Waals surface area (Å²) in [5.41, 5.74) is 2.08. The summed E-state index contributed by atoms with van der Waals surface area (Å²) >= 11 is 0. The minimum atomic E-state index is 0.224. The summed E-state index contributed by atoms with van der Waals surface area (Å²) in [5, 5.41) is 20.4. The van der Waals surface area contributed by atoms with Crippen LogP contribution in [0.5, 0.6) is 5.75 Å². The topological polar surface area (TPSA) is 44.0 Å². The molecule has 82 valence electrons. The molecule has 1 N–H and O–H groups in total. The molecule has 0 heterocycles. The average Bonchev–Trinajstić information content (AvgIpc) is 2.36. The summed E-state index contributed by atoms with van der Waals surface area (Å²) in [6.07, 6.45) is 6.25. The zero-order chi connectivity index (χ0) is 12.4. The summed E-state index contributed by atoms with van der Waals surface area (Å²) < 4.78 is 0. The zero-order valence-corrected chi connectivity index (χ0v) is 9.49. The van der Waals surface area contributed by atoms with Crippen LogP contribution in [0.3, 0.4) is 0 Å². The largest absolute Gasteiger partial charge is 0.508 e. The van der Waals surface area contributed by atoms with Gasteiger partial charge in [0.05, 0.1) is 11.1 Å². The van der Waals surface area contributed by atoms with Crippen molar-refractivity contribution in [2.24, 2.45) is 0 Å². The minimum absolute atomic E-state index is 0.224. The van der Waals surface area contributed by atoms with Crippen LogP contribution in [0, 0.1) is 23.7 Å². The van der Waals surface area contributed by atoms with E-state index >= 15 is 0 Å². The van der Waals surface area contributed by atoms with Gasteiger partial charge in [0, 0.05) is 5.39 Å². The maximum atomic E-state index is 9.62. The number of fused-ring (bicyclic) bond motifs is 1. The lowest BCUT2D eigenvalue weighted by atomic mass is 9.94. The van der Waals surface area contributed by atoms with Crippen LogP contribution in [0.2, 0.25) is 0 Å². The van der Waals surface area contributed by atoms with Gasteiger partial charge in [0.2, 0.25) is 0 Å². The second-order valence-corrected chi connectivity index (χ2v) is 3.80. The SMILES string of the molecule is C#Cc1c(C#N)ccc2cc(O)cc(CC)c12. The van der Waals surface area contributed by atoms with E-state index in [0.717, 1.165) is 22.8 Å². The first kappa shape index (κ1) is 11.0.